The van der Waals surface area contributed by atoms with Crippen molar-refractivity contribution < 1.29 is 40.3 Å². The molecular formula is C8H4ClF6O3P. The van der Waals surface area contributed by atoms with E-state index in [9.17, 15) is 30.9 Å². The van der Waals surface area contributed by atoms with Gasteiger partial charge in [0.05, 0.1) is 11.1 Å². The Morgan fingerprint density at radius 1 is 1.00 bits per heavy atom. The van der Waals surface area contributed by atoms with E-state index >= 15 is 0 Å². The fourth-order valence-corrected chi connectivity index (χ4v) is 1.71. The van der Waals surface area contributed by atoms with Crippen LogP contribution in [0.1, 0.15) is 11.1 Å². The van der Waals surface area contributed by atoms with E-state index in [1.54, 1.807) is 0 Å². The molecule has 0 saturated heterocycles. The van der Waals surface area contributed by atoms with Crippen LogP contribution in [0.3, 0.4) is 0 Å². The van der Waals surface area contributed by atoms with Gasteiger partial charge in [-0.05, 0) is 18.2 Å². The molecule has 0 amide bonds. The normalized spacial score (nSPS) is 16.0. The van der Waals surface area contributed by atoms with E-state index < -0.39 is 36.2 Å². The summed E-state index contributed by atoms with van der Waals surface area (Å²) in [6.07, 6.45) is -10.2. The van der Waals surface area contributed by atoms with Gasteiger partial charge in [0.1, 0.15) is 5.75 Å². The highest BCUT2D eigenvalue weighted by Gasteiger charge is 2.37. The minimum Gasteiger partial charge on any atom is -0.413 e. The number of benzene rings is 1. The smallest absolute Gasteiger partial charge is 0.413 e. The zero-order valence-corrected chi connectivity index (χ0v) is 10.2. The summed E-state index contributed by atoms with van der Waals surface area (Å²) in [5.41, 5.74) is -3.36. The van der Waals surface area contributed by atoms with E-state index in [0.29, 0.717) is 0 Å². The molecule has 1 rings (SSSR count). The lowest BCUT2D eigenvalue weighted by molar-refractivity contribution is -0.143. The number of hydrogen-bond donors (Lipinski definition) is 1. The third-order valence-electron chi connectivity index (χ3n) is 1.78. The largest absolute Gasteiger partial charge is 0.474 e. The molecule has 1 atom stereocenters. The van der Waals surface area contributed by atoms with Gasteiger partial charge in [0.25, 0.3) is 0 Å². The Balaban J connectivity index is 3.37. The molecule has 3 nitrogen and oxygen atoms in total. The first-order valence-electron chi connectivity index (χ1n) is 4.30. The first-order valence-corrected chi connectivity index (χ1v) is 6.79. The molecule has 11 heteroatoms. The van der Waals surface area contributed by atoms with Crippen molar-refractivity contribution in [2.24, 2.45) is 0 Å². The second-order valence-electron chi connectivity index (χ2n) is 3.28. The van der Waals surface area contributed by atoms with Crippen LogP contribution in [0.2, 0.25) is 0 Å². The minimum absolute atomic E-state index is 0.139. The van der Waals surface area contributed by atoms with Gasteiger partial charge in [-0.3, -0.25) is 0 Å². The van der Waals surface area contributed by atoms with Crippen molar-refractivity contribution in [2.75, 3.05) is 0 Å². The Kier molecular flexibility index (Phi) is 4.15. The van der Waals surface area contributed by atoms with E-state index in [0.717, 1.165) is 0 Å². The van der Waals surface area contributed by atoms with Crippen molar-refractivity contribution in [2.45, 2.75) is 12.4 Å². The van der Waals surface area contributed by atoms with Crippen LogP contribution in [-0.4, -0.2) is 4.89 Å². The van der Waals surface area contributed by atoms with Gasteiger partial charge in [-0.15, -0.1) is 0 Å². The molecular weight excluding hydrogens is 324 g/mol. The predicted octanol–water partition coefficient (Wildman–Crippen LogP) is 4.44. The Hall–Kier alpha value is -0.920. The van der Waals surface area contributed by atoms with Crippen LogP contribution in [0, 0.1) is 0 Å². The predicted molar refractivity (Wildman–Crippen MR) is 52.8 cm³/mol. The van der Waals surface area contributed by atoms with Gasteiger partial charge in [0, 0.05) is 11.2 Å². The van der Waals surface area contributed by atoms with Crippen molar-refractivity contribution in [3.05, 3.63) is 29.3 Å². The highest BCUT2D eigenvalue weighted by atomic mass is 35.7. The Morgan fingerprint density at radius 2 is 1.37 bits per heavy atom. The first-order chi connectivity index (χ1) is 8.29. The maximum atomic E-state index is 12.4. The first kappa shape index (κ1) is 16.1. The van der Waals surface area contributed by atoms with E-state index in [1.807, 2.05) is 0 Å². The molecule has 1 unspecified atom stereocenters. The van der Waals surface area contributed by atoms with Gasteiger partial charge < -0.3 is 9.42 Å². The molecule has 0 radical (unpaired) electrons. The van der Waals surface area contributed by atoms with E-state index in [2.05, 4.69) is 4.52 Å². The van der Waals surface area contributed by atoms with Crippen LogP contribution in [0.4, 0.5) is 26.3 Å². The minimum atomic E-state index is -5.08. The molecule has 19 heavy (non-hydrogen) atoms. The maximum Gasteiger partial charge on any atom is 0.474 e. The summed E-state index contributed by atoms with van der Waals surface area (Å²) in [5.74, 6) is -1.11. The van der Waals surface area contributed by atoms with Crippen molar-refractivity contribution in [3.63, 3.8) is 0 Å². The van der Waals surface area contributed by atoms with Gasteiger partial charge >= 0.3 is 19.3 Å². The van der Waals surface area contributed by atoms with E-state index in [4.69, 9.17) is 16.1 Å². The van der Waals surface area contributed by atoms with Crippen molar-refractivity contribution in [1.29, 1.82) is 0 Å². The second-order valence-corrected chi connectivity index (χ2v) is 5.65. The fourth-order valence-electron chi connectivity index (χ4n) is 1.11. The summed E-state index contributed by atoms with van der Waals surface area (Å²) >= 11 is 4.73. The highest BCUT2D eigenvalue weighted by Crippen LogP contribution is 2.49. The third-order valence-corrected chi connectivity index (χ3v) is 2.42. The van der Waals surface area contributed by atoms with E-state index in [-0.39, 0.29) is 18.2 Å². The van der Waals surface area contributed by atoms with E-state index in [1.165, 1.54) is 0 Å². The van der Waals surface area contributed by atoms with Crippen LogP contribution >= 0.6 is 18.2 Å². The lowest BCUT2D eigenvalue weighted by atomic mass is 10.1. The number of rotatable bonds is 2. The average Bonchev–Trinajstić information content (AvgIpc) is 2.11. The summed E-state index contributed by atoms with van der Waals surface area (Å²) in [6.45, 7) is -4.79. The van der Waals surface area contributed by atoms with Gasteiger partial charge in [0.15, 0.2) is 0 Å². The summed E-state index contributed by atoms with van der Waals surface area (Å²) in [6, 6.07) is 0.129. The average molecular weight is 329 g/mol. The molecule has 108 valence electrons. The van der Waals surface area contributed by atoms with Gasteiger partial charge in [-0.1, -0.05) is 0 Å². The molecule has 0 heterocycles. The summed E-state index contributed by atoms with van der Waals surface area (Å²) in [5, 5.41) is 0. The molecule has 0 saturated carbocycles. The Labute approximate surface area is 107 Å². The molecule has 1 aromatic carbocycles. The van der Waals surface area contributed by atoms with Crippen LogP contribution < -0.4 is 4.52 Å². The van der Waals surface area contributed by atoms with Crippen LogP contribution in [0.5, 0.6) is 5.75 Å². The molecule has 0 bridgehead atoms. The SMILES string of the molecule is O=P(O)(Cl)Oc1cc(C(F)(F)F)cc(C(F)(F)F)c1. The Morgan fingerprint density at radius 3 is 1.63 bits per heavy atom. The molecule has 1 N–H and O–H groups in total. The van der Waals surface area contributed by atoms with Crippen LogP contribution in [0.15, 0.2) is 18.2 Å². The summed E-state index contributed by atoms with van der Waals surface area (Å²) in [4.78, 5) is 8.59. The number of alkyl halides is 6. The lowest BCUT2D eigenvalue weighted by Crippen LogP contribution is -2.11. The highest BCUT2D eigenvalue weighted by molar-refractivity contribution is 7.80. The Bertz CT molecular complexity index is 488. The van der Waals surface area contributed by atoms with Crippen molar-refractivity contribution in [1.82, 2.24) is 0 Å². The van der Waals surface area contributed by atoms with Crippen LogP contribution in [0.25, 0.3) is 0 Å². The quantitative estimate of drug-likeness (QED) is 0.645. The maximum absolute atomic E-state index is 12.4. The third kappa shape index (κ3) is 4.93. The number of halogens is 7. The summed E-state index contributed by atoms with van der Waals surface area (Å²) < 4.78 is 88.9. The lowest BCUT2D eigenvalue weighted by Gasteiger charge is -2.14. The fraction of sp³-hybridized carbons (Fsp3) is 0.250. The molecule has 0 aliphatic heterocycles. The molecule has 0 spiro atoms. The zero-order valence-electron chi connectivity index (χ0n) is 8.59. The van der Waals surface area contributed by atoms with Gasteiger partial charge in [-0.25, -0.2) is 4.57 Å². The zero-order chi connectivity index (χ0) is 15.1. The van der Waals surface area contributed by atoms with Crippen molar-refractivity contribution in [3.8, 4) is 5.75 Å². The standard InChI is InChI=1S/C8H4ClF6O3P/c9-19(16,17)18-6-2-4(7(10,11)12)1-5(3-6)8(13,14)15/h1-3H,(H,16,17). The second kappa shape index (κ2) is 4.88. The topological polar surface area (TPSA) is 46.5 Å². The molecule has 0 aromatic heterocycles. The molecule has 0 aliphatic rings. The van der Waals surface area contributed by atoms with Gasteiger partial charge in [-0.2, -0.15) is 26.3 Å². The molecule has 1 aromatic rings. The van der Waals surface area contributed by atoms with Crippen molar-refractivity contribution >= 4 is 18.2 Å². The molecule has 0 aliphatic carbocycles. The van der Waals surface area contributed by atoms with Crippen LogP contribution in [-0.2, 0) is 16.9 Å². The van der Waals surface area contributed by atoms with Gasteiger partial charge in [0.2, 0.25) is 0 Å². The molecule has 0 fully saturated rings. The monoisotopic (exact) mass is 328 g/mol. The number of hydrogen-bond acceptors (Lipinski definition) is 2. The summed E-state index contributed by atoms with van der Waals surface area (Å²) in [7, 11) is 0.